The minimum atomic E-state index is 0.294. The Morgan fingerprint density at radius 1 is 1.43 bits per heavy atom. The highest BCUT2D eigenvalue weighted by Gasteiger charge is 2.04. The summed E-state index contributed by atoms with van der Waals surface area (Å²) in [5.41, 5.74) is 6.31. The van der Waals surface area contributed by atoms with Gasteiger partial charge in [-0.25, -0.2) is 15.1 Å². The Balaban J connectivity index is 2.60. The first-order valence-corrected chi connectivity index (χ1v) is 4.31. The second-order valence-electron chi connectivity index (χ2n) is 2.71. The molecule has 3 N–H and O–H groups in total. The third-order valence-electron chi connectivity index (χ3n) is 1.72. The lowest BCUT2D eigenvalue weighted by atomic mass is 10.5. The maximum absolute atomic E-state index is 5.61. The molecule has 2 aromatic rings. The number of hydrogen-bond acceptors (Lipinski definition) is 5. The van der Waals surface area contributed by atoms with Gasteiger partial charge in [0.25, 0.3) is 0 Å². The predicted molar refractivity (Wildman–Crippen MR) is 53.5 cm³/mol. The Labute approximate surface area is 84.8 Å². The van der Waals surface area contributed by atoms with Crippen molar-refractivity contribution in [1.29, 1.82) is 0 Å². The number of aromatic amines is 1. The van der Waals surface area contributed by atoms with Gasteiger partial charge in [-0.3, -0.25) is 4.57 Å². The normalized spacial score (nSPS) is 10.4. The van der Waals surface area contributed by atoms with Gasteiger partial charge in [-0.1, -0.05) is 0 Å². The van der Waals surface area contributed by atoms with Crippen LogP contribution in [0.4, 0.5) is 5.95 Å². The summed E-state index contributed by atoms with van der Waals surface area (Å²) in [4.78, 5) is 8.08. The van der Waals surface area contributed by atoms with Crippen molar-refractivity contribution in [3.8, 4) is 5.69 Å². The highest BCUT2D eigenvalue weighted by molar-refractivity contribution is 7.71. The summed E-state index contributed by atoms with van der Waals surface area (Å²) in [7, 11) is 0. The van der Waals surface area contributed by atoms with Crippen molar-refractivity contribution in [2.24, 2.45) is 0 Å². The molecular weight excluding hydrogens is 200 g/mol. The summed E-state index contributed by atoms with van der Waals surface area (Å²) in [6, 6.07) is 0. The van der Waals surface area contributed by atoms with Crippen LogP contribution in [-0.4, -0.2) is 24.7 Å². The number of nitrogens with one attached hydrogen (secondary N) is 1. The van der Waals surface area contributed by atoms with E-state index in [1.165, 1.54) is 0 Å². The van der Waals surface area contributed by atoms with E-state index in [0.29, 0.717) is 22.2 Å². The van der Waals surface area contributed by atoms with Crippen LogP contribution in [0.5, 0.6) is 0 Å². The molecule has 7 heteroatoms. The number of nitrogens with zero attached hydrogens (tertiary/aromatic N) is 4. The molecule has 0 fully saturated rings. The van der Waals surface area contributed by atoms with Gasteiger partial charge >= 0.3 is 0 Å². The van der Waals surface area contributed by atoms with Gasteiger partial charge in [0.2, 0.25) is 10.7 Å². The lowest BCUT2D eigenvalue weighted by molar-refractivity contribution is 0.967. The fraction of sp³-hybridized carbons (Fsp3) is 0.143. The molecule has 0 aliphatic heterocycles. The number of H-pyrrole nitrogens is 1. The topological polar surface area (TPSA) is 85.4 Å². The number of anilines is 1. The Bertz CT molecular complexity index is 496. The number of hydrogen-bond donors (Lipinski definition) is 2. The Morgan fingerprint density at radius 3 is 2.57 bits per heavy atom. The van der Waals surface area contributed by atoms with Gasteiger partial charge in [0.05, 0.1) is 18.1 Å². The lowest BCUT2D eigenvalue weighted by Crippen LogP contribution is -2.02. The van der Waals surface area contributed by atoms with Gasteiger partial charge in [0.1, 0.15) is 5.82 Å². The molecule has 2 rings (SSSR count). The molecule has 2 heterocycles. The minimum Gasteiger partial charge on any atom is -0.368 e. The largest absolute Gasteiger partial charge is 0.368 e. The SMILES string of the molecule is Cc1ncc(-n2c(N)n[nH]c2=S)cn1. The molecule has 0 aliphatic rings. The maximum atomic E-state index is 5.61. The Kier molecular flexibility index (Phi) is 2.01. The molecule has 0 radical (unpaired) electrons. The van der Waals surface area contributed by atoms with E-state index in [2.05, 4.69) is 20.2 Å². The second-order valence-corrected chi connectivity index (χ2v) is 3.10. The third kappa shape index (κ3) is 1.37. The molecule has 0 atom stereocenters. The van der Waals surface area contributed by atoms with E-state index >= 15 is 0 Å². The van der Waals surface area contributed by atoms with Crippen molar-refractivity contribution in [3.63, 3.8) is 0 Å². The minimum absolute atomic E-state index is 0.294. The average molecular weight is 208 g/mol. The van der Waals surface area contributed by atoms with E-state index in [4.69, 9.17) is 18.0 Å². The number of nitrogens with two attached hydrogens (primary N) is 1. The average Bonchev–Trinajstić information content (AvgIpc) is 2.49. The highest BCUT2D eigenvalue weighted by Crippen LogP contribution is 2.09. The number of nitrogen functional groups attached to an aromatic ring is 1. The number of aryl methyl sites for hydroxylation is 1. The first-order valence-electron chi connectivity index (χ1n) is 3.90. The first-order chi connectivity index (χ1) is 6.68. The quantitative estimate of drug-likeness (QED) is 0.671. The maximum Gasteiger partial charge on any atom is 0.225 e. The standard InChI is InChI=1S/C7H8N6S/c1-4-9-2-5(3-10-4)13-6(8)11-12-7(13)14/h2-3H,1H3,(H2,8,11)(H,12,14). The summed E-state index contributed by atoms with van der Waals surface area (Å²) in [6.45, 7) is 1.81. The smallest absolute Gasteiger partial charge is 0.225 e. The van der Waals surface area contributed by atoms with Crippen molar-refractivity contribution < 1.29 is 0 Å². The highest BCUT2D eigenvalue weighted by atomic mass is 32.1. The monoisotopic (exact) mass is 208 g/mol. The van der Waals surface area contributed by atoms with Crippen molar-refractivity contribution in [2.45, 2.75) is 6.92 Å². The zero-order valence-electron chi connectivity index (χ0n) is 7.43. The predicted octanol–water partition coefficient (Wildman–Crippen LogP) is 0.611. The lowest BCUT2D eigenvalue weighted by Gasteiger charge is -2.01. The molecule has 0 amide bonds. The van der Waals surface area contributed by atoms with Crippen molar-refractivity contribution in [3.05, 3.63) is 23.0 Å². The van der Waals surface area contributed by atoms with Gasteiger partial charge < -0.3 is 5.73 Å². The molecule has 6 nitrogen and oxygen atoms in total. The van der Waals surface area contributed by atoms with Gasteiger partial charge in [-0.05, 0) is 19.1 Å². The van der Waals surface area contributed by atoms with E-state index < -0.39 is 0 Å². The molecular formula is C7H8N6S. The van der Waals surface area contributed by atoms with Crippen LogP contribution in [0.3, 0.4) is 0 Å². The molecule has 14 heavy (non-hydrogen) atoms. The summed E-state index contributed by atoms with van der Waals surface area (Å²) in [6.07, 6.45) is 3.29. The van der Waals surface area contributed by atoms with Crippen molar-refractivity contribution >= 4 is 18.2 Å². The van der Waals surface area contributed by atoms with Crippen molar-refractivity contribution in [2.75, 3.05) is 5.73 Å². The summed E-state index contributed by atoms with van der Waals surface area (Å²) >= 11 is 5.00. The van der Waals surface area contributed by atoms with E-state index in [-0.39, 0.29) is 0 Å². The first kappa shape index (κ1) is 8.82. The van der Waals surface area contributed by atoms with Gasteiger partial charge in [0, 0.05) is 0 Å². The fourth-order valence-corrected chi connectivity index (χ4v) is 1.30. The molecule has 0 aliphatic carbocycles. The van der Waals surface area contributed by atoms with Crippen molar-refractivity contribution in [1.82, 2.24) is 24.7 Å². The summed E-state index contributed by atoms with van der Waals surface area (Å²) < 4.78 is 1.99. The number of aromatic nitrogens is 5. The van der Waals surface area contributed by atoms with E-state index in [1.54, 1.807) is 17.0 Å². The molecule has 0 spiro atoms. The second kappa shape index (κ2) is 3.18. The molecule has 0 saturated heterocycles. The van der Waals surface area contributed by atoms with E-state index in [0.717, 1.165) is 0 Å². The van der Waals surface area contributed by atoms with E-state index in [1.807, 2.05) is 6.92 Å². The Hall–Kier alpha value is -1.76. The molecule has 2 aromatic heterocycles. The van der Waals surface area contributed by atoms with Crippen LogP contribution in [0.15, 0.2) is 12.4 Å². The molecule has 0 aromatic carbocycles. The van der Waals surface area contributed by atoms with Gasteiger partial charge in [-0.15, -0.1) is 5.10 Å². The van der Waals surface area contributed by atoms with Crippen LogP contribution in [-0.2, 0) is 0 Å². The number of rotatable bonds is 1. The van der Waals surface area contributed by atoms with Crippen LogP contribution in [0.25, 0.3) is 5.69 Å². The zero-order chi connectivity index (χ0) is 10.1. The molecule has 0 bridgehead atoms. The van der Waals surface area contributed by atoms with Crippen LogP contribution in [0, 0.1) is 11.7 Å². The van der Waals surface area contributed by atoms with Crippen LogP contribution >= 0.6 is 12.2 Å². The van der Waals surface area contributed by atoms with Gasteiger partial charge in [-0.2, -0.15) is 0 Å². The summed E-state index contributed by atoms with van der Waals surface area (Å²) in [5, 5.41) is 6.37. The molecule has 72 valence electrons. The van der Waals surface area contributed by atoms with Crippen LogP contribution in [0.2, 0.25) is 0 Å². The van der Waals surface area contributed by atoms with Gasteiger partial charge in [0.15, 0.2) is 0 Å². The zero-order valence-corrected chi connectivity index (χ0v) is 8.25. The third-order valence-corrected chi connectivity index (χ3v) is 2.00. The fourth-order valence-electron chi connectivity index (χ4n) is 1.06. The van der Waals surface area contributed by atoms with Crippen LogP contribution < -0.4 is 5.73 Å². The summed E-state index contributed by atoms with van der Waals surface area (Å²) in [5.74, 6) is 0.991. The Morgan fingerprint density at radius 2 is 2.07 bits per heavy atom. The molecule has 0 saturated carbocycles. The molecule has 0 unspecified atom stereocenters. The van der Waals surface area contributed by atoms with E-state index in [9.17, 15) is 0 Å². The van der Waals surface area contributed by atoms with Crippen LogP contribution in [0.1, 0.15) is 5.82 Å².